The van der Waals surface area contributed by atoms with Crippen molar-refractivity contribution in [3.63, 3.8) is 0 Å². The summed E-state index contributed by atoms with van der Waals surface area (Å²) in [6, 6.07) is 5.21. The number of aryl methyl sites for hydroxylation is 1. The van der Waals surface area contributed by atoms with Crippen molar-refractivity contribution in [1.82, 2.24) is 9.97 Å². The van der Waals surface area contributed by atoms with Gasteiger partial charge in [-0.3, -0.25) is 9.78 Å². The zero-order chi connectivity index (χ0) is 23.6. The minimum absolute atomic E-state index is 0.0242. The molecule has 0 spiro atoms. The summed E-state index contributed by atoms with van der Waals surface area (Å²) < 4.78 is 73.1. The van der Waals surface area contributed by atoms with Crippen molar-refractivity contribution in [3.05, 3.63) is 70.6 Å². The van der Waals surface area contributed by atoms with E-state index in [-0.39, 0.29) is 16.3 Å². The molecular formula is C21H15ClF5N3O2. The van der Waals surface area contributed by atoms with E-state index in [1.807, 2.05) is 0 Å². The van der Waals surface area contributed by atoms with Crippen molar-refractivity contribution in [2.75, 3.05) is 5.32 Å². The number of halogens is 6. The van der Waals surface area contributed by atoms with Crippen LogP contribution in [0.15, 0.2) is 42.7 Å². The van der Waals surface area contributed by atoms with Crippen LogP contribution >= 0.6 is 11.6 Å². The van der Waals surface area contributed by atoms with Crippen molar-refractivity contribution in [2.45, 2.75) is 26.1 Å². The van der Waals surface area contributed by atoms with E-state index in [0.29, 0.717) is 11.8 Å². The SMILES string of the molecule is Cc1cncc(-c2cc(O[C@@H](C)C(F)(F)F)c(C(=O)Nc3c(F)cccc3Cl)cc2F)n1. The first kappa shape index (κ1) is 23.4. The molecule has 1 amide bonds. The Morgan fingerprint density at radius 1 is 1.16 bits per heavy atom. The molecule has 0 fully saturated rings. The number of nitrogens with one attached hydrogen (secondary N) is 1. The molecule has 1 N–H and O–H groups in total. The normalized spacial score (nSPS) is 12.4. The van der Waals surface area contributed by atoms with Crippen LogP contribution in [-0.4, -0.2) is 28.2 Å². The second kappa shape index (κ2) is 9.07. The summed E-state index contributed by atoms with van der Waals surface area (Å²) in [6.07, 6.45) is -4.47. The number of hydrogen-bond acceptors (Lipinski definition) is 4. The summed E-state index contributed by atoms with van der Waals surface area (Å²) in [4.78, 5) is 20.7. The molecule has 1 aromatic heterocycles. The summed E-state index contributed by atoms with van der Waals surface area (Å²) in [5.41, 5.74) is -0.781. The van der Waals surface area contributed by atoms with Crippen molar-refractivity contribution < 1.29 is 31.5 Å². The van der Waals surface area contributed by atoms with Gasteiger partial charge in [-0.2, -0.15) is 13.2 Å². The van der Waals surface area contributed by atoms with Crippen LogP contribution in [0.25, 0.3) is 11.3 Å². The molecule has 0 unspecified atom stereocenters. The van der Waals surface area contributed by atoms with Crippen molar-refractivity contribution in [2.24, 2.45) is 0 Å². The van der Waals surface area contributed by atoms with Crippen molar-refractivity contribution >= 4 is 23.2 Å². The van der Waals surface area contributed by atoms with Crippen LogP contribution in [0.3, 0.4) is 0 Å². The molecule has 11 heteroatoms. The molecule has 168 valence electrons. The molecular weight excluding hydrogens is 457 g/mol. The third kappa shape index (κ3) is 5.13. The van der Waals surface area contributed by atoms with E-state index in [1.165, 1.54) is 24.5 Å². The number of alkyl halides is 3. The molecule has 0 aliphatic rings. The molecule has 32 heavy (non-hydrogen) atoms. The lowest BCUT2D eigenvalue weighted by molar-refractivity contribution is -0.189. The van der Waals surface area contributed by atoms with Gasteiger partial charge in [-0.1, -0.05) is 17.7 Å². The maximum Gasteiger partial charge on any atom is 0.425 e. The highest BCUT2D eigenvalue weighted by molar-refractivity contribution is 6.34. The smallest absolute Gasteiger partial charge is 0.425 e. The summed E-state index contributed by atoms with van der Waals surface area (Å²) in [5, 5.41) is 1.99. The van der Waals surface area contributed by atoms with Gasteiger partial charge in [0.05, 0.1) is 33.9 Å². The van der Waals surface area contributed by atoms with Gasteiger partial charge in [-0.15, -0.1) is 0 Å². The number of ether oxygens (including phenoxy) is 1. The van der Waals surface area contributed by atoms with Gasteiger partial charge < -0.3 is 10.1 Å². The van der Waals surface area contributed by atoms with Crippen molar-refractivity contribution in [1.29, 1.82) is 0 Å². The number of aromatic nitrogens is 2. The van der Waals surface area contributed by atoms with E-state index in [2.05, 4.69) is 15.3 Å². The fraction of sp³-hybridized carbons (Fsp3) is 0.190. The quantitative estimate of drug-likeness (QED) is 0.466. The van der Waals surface area contributed by atoms with Gasteiger partial charge in [0.2, 0.25) is 0 Å². The van der Waals surface area contributed by atoms with Gasteiger partial charge in [0.15, 0.2) is 6.10 Å². The number of hydrogen-bond donors (Lipinski definition) is 1. The van der Waals surface area contributed by atoms with Crippen LogP contribution in [0.4, 0.5) is 27.6 Å². The van der Waals surface area contributed by atoms with Crippen LogP contribution in [0, 0.1) is 18.6 Å². The van der Waals surface area contributed by atoms with Crippen LogP contribution < -0.4 is 10.1 Å². The van der Waals surface area contributed by atoms with Crippen LogP contribution in [0.5, 0.6) is 5.75 Å². The molecule has 5 nitrogen and oxygen atoms in total. The zero-order valence-corrected chi connectivity index (χ0v) is 17.4. The average molecular weight is 472 g/mol. The highest BCUT2D eigenvalue weighted by Crippen LogP contribution is 2.34. The predicted molar refractivity (Wildman–Crippen MR) is 108 cm³/mol. The molecule has 0 aliphatic carbocycles. The molecule has 0 saturated carbocycles. The minimum Gasteiger partial charge on any atom is -0.480 e. The first-order chi connectivity index (χ1) is 15.0. The lowest BCUT2D eigenvalue weighted by atomic mass is 10.1. The first-order valence-electron chi connectivity index (χ1n) is 9.08. The number of rotatable bonds is 5. The molecule has 0 radical (unpaired) electrons. The molecule has 0 saturated heterocycles. The van der Waals surface area contributed by atoms with Crippen molar-refractivity contribution in [3.8, 4) is 17.0 Å². The molecule has 3 rings (SSSR count). The molecule has 1 atom stereocenters. The van der Waals surface area contributed by atoms with Crippen LogP contribution in [0.2, 0.25) is 5.02 Å². The summed E-state index contributed by atoms with van der Waals surface area (Å²) in [7, 11) is 0. The third-order valence-corrected chi connectivity index (χ3v) is 4.63. The van der Waals surface area contributed by atoms with Gasteiger partial charge in [-0.25, -0.2) is 13.8 Å². The Morgan fingerprint density at radius 3 is 2.50 bits per heavy atom. The Labute approximate surface area is 184 Å². The summed E-state index contributed by atoms with van der Waals surface area (Å²) >= 11 is 5.87. The lowest BCUT2D eigenvalue weighted by Gasteiger charge is -2.20. The molecule has 1 heterocycles. The second-order valence-electron chi connectivity index (χ2n) is 6.73. The third-order valence-electron chi connectivity index (χ3n) is 4.31. The zero-order valence-electron chi connectivity index (χ0n) is 16.6. The topological polar surface area (TPSA) is 64.1 Å². The Hall–Kier alpha value is -3.27. The van der Waals surface area contributed by atoms with Gasteiger partial charge in [0.1, 0.15) is 17.4 Å². The number of amides is 1. The Morgan fingerprint density at radius 2 is 1.88 bits per heavy atom. The Kier molecular flexibility index (Phi) is 6.63. The van der Waals surface area contributed by atoms with Crippen LogP contribution in [0.1, 0.15) is 23.0 Å². The predicted octanol–water partition coefficient (Wildman–Crippen LogP) is 5.97. The molecule has 0 bridgehead atoms. The number of carbonyl (C=O) groups is 1. The van der Waals surface area contributed by atoms with Gasteiger partial charge in [-0.05, 0) is 38.1 Å². The van der Waals surface area contributed by atoms with E-state index in [1.54, 1.807) is 6.92 Å². The lowest BCUT2D eigenvalue weighted by Crippen LogP contribution is -2.32. The highest BCUT2D eigenvalue weighted by atomic mass is 35.5. The Bertz CT molecular complexity index is 1150. The number of carbonyl (C=O) groups excluding carboxylic acids is 1. The minimum atomic E-state index is -4.76. The monoisotopic (exact) mass is 471 g/mol. The summed E-state index contributed by atoms with van der Waals surface area (Å²) in [6.45, 7) is 2.32. The molecule has 3 aromatic rings. The van der Waals surface area contributed by atoms with Gasteiger partial charge in [0, 0.05) is 11.8 Å². The number of anilines is 1. The number of para-hydroxylation sites is 1. The van der Waals surface area contributed by atoms with Crippen LogP contribution in [-0.2, 0) is 0 Å². The van der Waals surface area contributed by atoms with E-state index in [0.717, 1.165) is 19.1 Å². The van der Waals surface area contributed by atoms with E-state index >= 15 is 0 Å². The van der Waals surface area contributed by atoms with E-state index in [4.69, 9.17) is 16.3 Å². The van der Waals surface area contributed by atoms with Gasteiger partial charge >= 0.3 is 6.18 Å². The fourth-order valence-electron chi connectivity index (χ4n) is 2.67. The van der Waals surface area contributed by atoms with E-state index in [9.17, 15) is 26.7 Å². The number of benzene rings is 2. The average Bonchev–Trinajstić information content (AvgIpc) is 2.71. The molecule has 0 aliphatic heterocycles. The largest absolute Gasteiger partial charge is 0.480 e. The Balaban J connectivity index is 2.09. The summed E-state index contributed by atoms with van der Waals surface area (Å²) in [5.74, 6) is -3.56. The molecule has 2 aromatic carbocycles. The second-order valence-corrected chi connectivity index (χ2v) is 7.13. The van der Waals surface area contributed by atoms with Gasteiger partial charge in [0.25, 0.3) is 5.91 Å². The maximum absolute atomic E-state index is 14.9. The fourth-order valence-corrected chi connectivity index (χ4v) is 2.88. The first-order valence-corrected chi connectivity index (χ1v) is 9.46. The standard InChI is InChI=1S/C21H15ClF5N3O2/c1-10-8-28-9-17(29-10)12-7-18(32-11(2)21(25,26)27)13(6-16(12)24)20(31)30-19-14(22)4-3-5-15(19)23/h3-9,11H,1-2H3,(H,30,31)/t11-/m0/s1. The van der Waals surface area contributed by atoms with E-state index < -0.39 is 46.8 Å². The maximum atomic E-state index is 14.9. The highest BCUT2D eigenvalue weighted by Gasteiger charge is 2.39. The number of nitrogens with zero attached hydrogens (tertiary/aromatic N) is 2.